The minimum absolute atomic E-state index is 0.0521. The first-order chi connectivity index (χ1) is 13.2. The van der Waals surface area contributed by atoms with Crippen LogP contribution in [-0.4, -0.2) is 34.0 Å². The van der Waals surface area contributed by atoms with Crippen molar-refractivity contribution in [1.29, 1.82) is 0 Å². The lowest BCUT2D eigenvalue weighted by Crippen LogP contribution is -2.39. The molecule has 3 aromatic rings. The fraction of sp³-hybridized carbons (Fsp3) is 0.250. The molecule has 2 heterocycles. The van der Waals surface area contributed by atoms with E-state index in [0.29, 0.717) is 30.3 Å². The van der Waals surface area contributed by atoms with Crippen molar-refractivity contribution in [3.05, 3.63) is 71.9 Å². The average molecular weight is 367 g/mol. The maximum absolute atomic E-state index is 13.1. The molecule has 1 aliphatic heterocycles. The van der Waals surface area contributed by atoms with Crippen LogP contribution in [-0.2, 0) is 0 Å². The second kappa shape index (κ2) is 7.57. The van der Waals surface area contributed by atoms with E-state index in [9.17, 15) is 9.18 Å². The average Bonchev–Trinajstić information content (AvgIpc) is 3.17. The molecule has 4 rings (SSSR count). The first-order valence-electron chi connectivity index (χ1n) is 8.80. The van der Waals surface area contributed by atoms with Gasteiger partial charge >= 0.3 is 6.01 Å². The Morgan fingerprint density at radius 3 is 2.70 bits per heavy atom. The van der Waals surface area contributed by atoms with E-state index in [-0.39, 0.29) is 23.7 Å². The third-order valence-electron chi connectivity index (χ3n) is 4.52. The number of hydrogen-bond donors (Lipinski definition) is 0. The van der Waals surface area contributed by atoms with Crippen molar-refractivity contribution in [1.82, 2.24) is 15.0 Å². The Hall–Kier alpha value is -3.22. The maximum atomic E-state index is 13.1. The van der Waals surface area contributed by atoms with Crippen LogP contribution in [0, 0.1) is 5.82 Å². The van der Waals surface area contributed by atoms with Gasteiger partial charge in [0.1, 0.15) is 11.6 Å². The first kappa shape index (κ1) is 17.2. The molecule has 7 heteroatoms. The van der Waals surface area contributed by atoms with Gasteiger partial charge < -0.3 is 14.2 Å². The summed E-state index contributed by atoms with van der Waals surface area (Å²) in [6.45, 7) is 1.12. The van der Waals surface area contributed by atoms with Crippen molar-refractivity contribution in [2.45, 2.75) is 18.8 Å². The molecule has 1 atom stereocenters. The number of amides is 1. The Kier molecular flexibility index (Phi) is 4.82. The molecule has 0 saturated carbocycles. The molecule has 1 fully saturated rings. The molecule has 0 spiro atoms. The number of benzene rings is 2. The van der Waals surface area contributed by atoms with Crippen molar-refractivity contribution in [3.8, 4) is 11.8 Å². The van der Waals surface area contributed by atoms with Crippen molar-refractivity contribution < 1.29 is 18.4 Å². The fourth-order valence-corrected chi connectivity index (χ4v) is 3.16. The van der Waals surface area contributed by atoms with Crippen LogP contribution in [0.1, 0.15) is 35.0 Å². The smallest absolute Gasteiger partial charge is 0.359 e. The van der Waals surface area contributed by atoms with Gasteiger partial charge in [-0.05, 0) is 54.4 Å². The molecular weight excluding hydrogens is 349 g/mol. The Morgan fingerprint density at radius 2 is 1.93 bits per heavy atom. The quantitative estimate of drug-likeness (QED) is 0.697. The van der Waals surface area contributed by atoms with Gasteiger partial charge in [0, 0.05) is 18.7 Å². The van der Waals surface area contributed by atoms with Gasteiger partial charge in [0.2, 0.25) is 5.89 Å². The number of nitrogens with zero attached hydrogens (tertiary/aromatic N) is 3. The highest BCUT2D eigenvalue weighted by molar-refractivity contribution is 5.94. The second-order valence-corrected chi connectivity index (χ2v) is 6.43. The lowest BCUT2D eigenvalue weighted by Gasteiger charge is -2.31. The molecule has 0 N–H and O–H groups in total. The highest BCUT2D eigenvalue weighted by atomic mass is 19.1. The van der Waals surface area contributed by atoms with Gasteiger partial charge in [0.25, 0.3) is 5.91 Å². The Balaban J connectivity index is 1.44. The number of rotatable bonds is 4. The summed E-state index contributed by atoms with van der Waals surface area (Å²) in [5.74, 6) is 0.544. The van der Waals surface area contributed by atoms with Crippen LogP contribution in [0.2, 0.25) is 0 Å². The van der Waals surface area contributed by atoms with Gasteiger partial charge in [-0.1, -0.05) is 18.2 Å². The number of ether oxygens (including phenoxy) is 1. The van der Waals surface area contributed by atoms with Crippen LogP contribution in [0.25, 0.3) is 0 Å². The third kappa shape index (κ3) is 3.97. The number of carbonyl (C=O) groups excluding carboxylic acids is 1. The fourth-order valence-electron chi connectivity index (χ4n) is 3.16. The Bertz CT molecular complexity index is 912. The summed E-state index contributed by atoms with van der Waals surface area (Å²) in [6.07, 6.45) is 1.68. The Labute approximate surface area is 155 Å². The predicted molar refractivity (Wildman–Crippen MR) is 95.1 cm³/mol. The van der Waals surface area contributed by atoms with Crippen LogP contribution in [0.4, 0.5) is 4.39 Å². The minimum Gasteiger partial charge on any atom is -0.422 e. The molecule has 1 aliphatic rings. The molecule has 1 aromatic heterocycles. The van der Waals surface area contributed by atoms with Crippen LogP contribution in [0.5, 0.6) is 11.8 Å². The van der Waals surface area contributed by atoms with E-state index in [4.69, 9.17) is 9.26 Å². The zero-order valence-electron chi connectivity index (χ0n) is 14.5. The number of hydrogen-bond acceptors (Lipinski definition) is 5. The van der Waals surface area contributed by atoms with Gasteiger partial charge in [0.15, 0.2) is 0 Å². The van der Waals surface area contributed by atoms with E-state index in [2.05, 4.69) is 10.1 Å². The van der Waals surface area contributed by atoms with Gasteiger partial charge in [-0.15, -0.1) is 0 Å². The number of carbonyl (C=O) groups is 1. The molecule has 1 amide bonds. The standard InChI is InChI=1S/C20H18FN3O3/c21-16-10-8-14(9-11-16)19(25)24-12-4-5-15(13-24)18-22-20(23-27-18)26-17-6-2-1-3-7-17/h1-3,6-11,15H,4-5,12-13H2. The van der Waals surface area contributed by atoms with Gasteiger partial charge in [-0.2, -0.15) is 4.98 Å². The van der Waals surface area contributed by atoms with Crippen molar-refractivity contribution in [2.24, 2.45) is 0 Å². The molecular formula is C20H18FN3O3. The van der Waals surface area contributed by atoms with E-state index >= 15 is 0 Å². The summed E-state index contributed by atoms with van der Waals surface area (Å²) in [7, 11) is 0. The topological polar surface area (TPSA) is 68.5 Å². The summed E-state index contributed by atoms with van der Waals surface area (Å²) >= 11 is 0. The molecule has 1 saturated heterocycles. The summed E-state index contributed by atoms with van der Waals surface area (Å²) in [6, 6.07) is 15.0. The third-order valence-corrected chi connectivity index (χ3v) is 4.52. The maximum Gasteiger partial charge on any atom is 0.359 e. The summed E-state index contributed by atoms with van der Waals surface area (Å²) in [4.78, 5) is 18.7. The van der Waals surface area contributed by atoms with E-state index in [1.165, 1.54) is 24.3 Å². The number of aromatic nitrogens is 2. The Morgan fingerprint density at radius 1 is 1.15 bits per heavy atom. The van der Waals surface area contributed by atoms with Gasteiger partial charge in [0.05, 0.1) is 5.92 Å². The SMILES string of the molecule is O=C(c1ccc(F)cc1)N1CCCC(c2nc(Oc3ccccc3)no2)C1. The molecule has 1 unspecified atom stereocenters. The number of likely N-dealkylation sites (tertiary alicyclic amines) is 1. The zero-order valence-corrected chi connectivity index (χ0v) is 14.5. The molecule has 6 nitrogen and oxygen atoms in total. The number of piperidine rings is 1. The molecule has 0 radical (unpaired) electrons. The molecule has 0 bridgehead atoms. The van der Waals surface area contributed by atoms with E-state index in [1.807, 2.05) is 18.2 Å². The zero-order chi connectivity index (χ0) is 18.6. The number of para-hydroxylation sites is 1. The largest absolute Gasteiger partial charge is 0.422 e. The lowest BCUT2D eigenvalue weighted by molar-refractivity contribution is 0.0695. The van der Waals surface area contributed by atoms with Gasteiger partial charge in [-0.25, -0.2) is 4.39 Å². The molecule has 2 aromatic carbocycles. The molecule has 138 valence electrons. The van der Waals surface area contributed by atoms with Crippen LogP contribution in [0.15, 0.2) is 59.1 Å². The minimum atomic E-state index is -0.361. The van der Waals surface area contributed by atoms with Crippen molar-refractivity contribution >= 4 is 5.91 Å². The van der Waals surface area contributed by atoms with E-state index < -0.39 is 0 Å². The first-order valence-corrected chi connectivity index (χ1v) is 8.80. The van der Waals surface area contributed by atoms with Crippen molar-refractivity contribution in [2.75, 3.05) is 13.1 Å². The molecule has 0 aliphatic carbocycles. The van der Waals surface area contributed by atoms with Crippen molar-refractivity contribution in [3.63, 3.8) is 0 Å². The highest BCUT2D eigenvalue weighted by Crippen LogP contribution is 2.28. The van der Waals surface area contributed by atoms with Crippen LogP contribution >= 0.6 is 0 Å². The van der Waals surface area contributed by atoms with Crippen LogP contribution < -0.4 is 4.74 Å². The highest BCUT2D eigenvalue weighted by Gasteiger charge is 2.29. The van der Waals surface area contributed by atoms with E-state index in [1.54, 1.807) is 17.0 Å². The second-order valence-electron chi connectivity index (χ2n) is 6.43. The molecule has 27 heavy (non-hydrogen) atoms. The summed E-state index contributed by atoms with van der Waals surface area (Å²) in [5, 5.41) is 3.87. The lowest BCUT2D eigenvalue weighted by atomic mass is 9.97. The normalized spacial score (nSPS) is 16.9. The summed E-state index contributed by atoms with van der Waals surface area (Å²) in [5.41, 5.74) is 0.468. The monoisotopic (exact) mass is 367 g/mol. The van der Waals surface area contributed by atoms with Gasteiger partial charge in [-0.3, -0.25) is 4.79 Å². The van der Waals surface area contributed by atoms with Crippen LogP contribution in [0.3, 0.4) is 0 Å². The predicted octanol–water partition coefficient (Wildman–Crippen LogP) is 4.02. The number of halogens is 1. The summed E-state index contributed by atoms with van der Waals surface area (Å²) < 4.78 is 24.0. The van der Waals surface area contributed by atoms with E-state index in [0.717, 1.165) is 12.8 Å².